The van der Waals surface area contributed by atoms with Crippen LogP contribution in [-0.2, 0) is 19.4 Å². The third-order valence-electron chi connectivity index (χ3n) is 5.58. The highest BCUT2D eigenvalue weighted by Gasteiger charge is 2.23. The minimum Gasteiger partial charge on any atom is -0.355 e. The molecule has 25 heavy (non-hydrogen) atoms. The molecule has 4 rings (SSSR count). The van der Waals surface area contributed by atoms with E-state index in [-0.39, 0.29) is 5.56 Å². The topological polar surface area (TPSA) is 63.9 Å². The highest BCUT2D eigenvalue weighted by atomic mass is 16.1. The summed E-state index contributed by atoms with van der Waals surface area (Å²) in [6.45, 7) is 5.02. The molecule has 0 aromatic carbocycles. The Bertz CT molecular complexity index is 794. The fourth-order valence-corrected chi connectivity index (χ4v) is 3.98. The third kappa shape index (κ3) is 3.57. The quantitative estimate of drug-likeness (QED) is 0.857. The lowest BCUT2D eigenvalue weighted by Crippen LogP contribution is -2.37. The summed E-state index contributed by atoms with van der Waals surface area (Å²) in [4.78, 5) is 18.2. The van der Waals surface area contributed by atoms with Gasteiger partial charge in [0.2, 0.25) is 0 Å². The van der Waals surface area contributed by atoms with Crippen LogP contribution in [0.2, 0.25) is 0 Å². The number of aromatic nitrogens is 4. The van der Waals surface area contributed by atoms with Gasteiger partial charge in [0.05, 0.1) is 12.0 Å². The Balaban J connectivity index is 1.40. The van der Waals surface area contributed by atoms with E-state index in [1.54, 1.807) is 17.1 Å². The summed E-state index contributed by atoms with van der Waals surface area (Å²) in [5.41, 5.74) is 2.60. The second-order valence-electron chi connectivity index (χ2n) is 7.52. The molecule has 6 heteroatoms. The molecule has 1 aliphatic carbocycles. The van der Waals surface area contributed by atoms with Crippen molar-refractivity contribution in [3.05, 3.63) is 46.3 Å². The summed E-state index contributed by atoms with van der Waals surface area (Å²) < 4.78 is 1.72. The Kier molecular flexibility index (Phi) is 4.51. The van der Waals surface area contributed by atoms with E-state index in [0.29, 0.717) is 5.92 Å². The van der Waals surface area contributed by atoms with Crippen LogP contribution in [-0.4, -0.2) is 32.8 Å². The van der Waals surface area contributed by atoms with Crippen LogP contribution in [0.15, 0.2) is 29.5 Å². The van der Waals surface area contributed by atoms with Crippen molar-refractivity contribution in [3.8, 4) is 0 Å². The van der Waals surface area contributed by atoms with Crippen molar-refractivity contribution in [1.29, 1.82) is 0 Å². The minimum atomic E-state index is 0.0344. The molecule has 0 N–H and O–H groups in total. The average Bonchev–Trinajstić information content (AvgIpc) is 2.64. The summed E-state index contributed by atoms with van der Waals surface area (Å²) in [6.07, 6.45) is 8.74. The molecule has 2 aromatic rings. The summed E-state index contributed by atoms with van der Waals surface area (Å²) in [5.74, 6) is 2.28. The molecular weight excluding hydrogens is 314 g/mol. The number of rotatable bonds is 3. The first-order valence-electron chi connectivity index (χ1n) is 9.30. The standard InChI is InChI=1S/C19H25N5O/c1-14-2-3-17-16(10-14)11-18(22-21-17)23-8-5-15(6-9-23)12-24-13-20-7-4-19(24)25/h4,7,11,13-15H,2-3,5-6,8-10,12H2,1H3. The van der Waals surface area contributed by atoms with E-state index < -0.39 is 0 Å². The van der Waals surface area contributed by atoms with Gasteiger partial charge >= 0.3 is 0 Å². The lowest BCUT2D eigenvalue weighted by molar-refractivity contribution is 0.349. The van der Waals surface area contributed by atoms with Crippen molar-refractivity contribution >= 4 is 5.82 Å². The number of fused-ring (bicyclic) bond motifs is 1. The van der Waals surface area contributed by atoms with Gasteiger partial charge in [-0.25, -0.2) is 4.98 Å². The van der Waals surface area contributed by atoms with Gasteiger partial charge in [-0.05, 0) is 55.6 Å². The zero-order valence-corrected chi connectivity index (χ0v) is 14.8. The van der Waals surface area contributed by atoms with Gasteiger partial charge in [-0.15, -0.1) is 5.10 Å². The first kappa shape index (κ1) is 16.2. The van der Waals surface area contributed by atoms with Crippen LogP contribution in [0.3, 0.4) is 0 Å². The van der Waals surface area contributed by atoms with Crippen molar-refractivity contribution in [1.82, 2.24) is 19.7 Å². The van der Waals surface area contributed by atoms with Crippen LogP contribution < -0.4 is 10.5 Å². The molecule has 0 spiro atoms. The predicted octanol–water partition coefficient (Wildman–Crippen LogP) is 2.07. The maximum absolute atomic E-state index is 11.8. The molecule has 132 valence electrons. The van der Waals surface area contributed by atoms with Gasteiger partial charge in [0, 0.05) is 31.9 Å². The Labute approximate surface area is 147 Å². The second-order valence-corrected chi connectivity index (χ2v) is 7.52. The molecule has 1 atom stereocenters. The van der Waals surface area contributed by atoms with E-state index >= 15 is 0 Å². The average molecular weight is 339 g/mol. The molecule has 1 fully saturated rings. The van der Waals surface area contributed by atoms with Gasteiger partial charge in [-0.2, -0.15) is 5.10 Å². The van der Waals surface area contributed by atoms with Crippen molar-refractivity contribution in [2.24, 2.45) is 11.8 Å². The number of piperidine rings is 1. The third-order valence-corrected chi connectivity index (χ3v) is 5.58. The van der Waals surface area contributed by atoms with E-state index in [9.17, 15) is 4.79 Å². The normalized spacial score (nSPS) is 21.2. The maximum Gasteiger partial charge on any atom is 0.253 e. The SMILES string of the molecule is CC1CCc2nnc(N3CCC(Cn4cnccc4=O)CC3)cc2C1. The lowest BCUT2D eigenvalue weighted by Gasteiger charge is -2.33. The van der Waals surface area contributed by atoms with Crippen molar-refractivity contribution in [3.63, 3.8) is 0 Å². The van der Waals surface area contributed by atoms with Gasteiger partial charge in [0.25, 0.3) is 5.56 Å². The fourth-order valence-electron chi connectivity index (χ4n) is 3.98. The van der Waals surface area contributed by atoms with E-state index in [2.05, 4.69) is 33.1 Å². The Morgan fingerprint density at radius 2 is 2.04 bits per heavy atom. The number of nitrogens with zero attached hydrogens (tertiary/aromatic N) is 5. The number of aryl methyl sites for hydroxylation is 1. The fraction of sp³-hybridized carbons (Fsp3) is 0.579. The minimum absolute atomic E-state index is 0.0344. The van der Waals surface area contributed by atoms with Crippen molar-refractivity contribution in [2.75, 3.05) is 18.0 Å². The Morgan fingerprint density at radius 1 is 1.20 bits per heavy atom. The van der Waals surface area contributed by atoms with Gasteiger partial charge in [0.1, 0.15) is 0 Å². The van der Waals surface area contributed by atoms with Crippen LogP contribution >= 0.6 is 0 Å². The first-order valence-corrected chi connectivity index (χ1v) is 9.30. The van der Waals surface area contributed by atoms with Crippen LogP contribution in [0.5, 0.6) is 0 Å². The zero-order valence-electron chi connectivity index (χ0n) is 14.8. The molecule has 0 saturated carbocycles. The molecule has 0 bridgehead atoms. The predicted molar refractivity (Wildman–Crippen MR) is 96.7 cm³/mol. The molecule has 2 aromatic heterocycles. The highest BCUT2D eigenvalue weighted by molar-refractivity contribution is 5.42. The van der Waals surface area contributed by atoms with Gasteiger partial charge in [-0.1, -0.05) is 6.92 Å². The molecular formula is C19H25N5O. The number of hydrogen-bond donors (Lipinski definition) is 0. The summed E-state index contributed by atoms with van der Waals surface area (Å²) in [7, 11) is 0. The monoisotopic (exact) mass is 339 g/mol. The number of hydrogen-bond acceptors (Lipinski definition) is 5. The molecule has 2 aliphatic rings. The summed E-state index contributed by atoms with van der Waals surface area (Å²) >= 11 is 0. The van der Waals surface area contributed by atoms with E-state index in [4.69, 9.17) is 0 Å². The summed E-state index contributed by atoms with van der Waals surface area (Å²) in [6, 6.07) is 3.78. The largest absolute Gasteiger partial charge is 0.355 e. The lowest BCUT2D eigenvalue weighted by atomic mass is 9.88. The van der Waals surface area contributed by atoms with Crippen molar-refractivity contribution < 1.29 is 0 Å². The van der Waals surface area contributed by atoms with Gasteiger partial charge in [0.15, 0.2) is 5.82 Å². The van der Waals surface area contributed by atoms with E-state index in [0.717, 1.165) is 57.1 Å². The molecule has 1 saturated heterocycles. The number of anilines is 1. The molecule has 0 radical (unpaired) electrons. The second kappa shape index (κ2) is 6.94. The van der Waals surface area contributed by atoms with E-state index in [1.165, 1.54) is 23.7 Å². The van der Waals surface area contributed by atoms with Gasteiger partial charge < -0.3 is 4.90 Å². The molecule has 3 heterocycles. The smallest absolute Gasteiger partial charge is 0.253 e. The van der Waals surface area contributed by atoms with Crippen LogP contribution in [0, 0.1) is 11.8 Å². The highest BCUT2D eigenvalue weighted by Crippen LogP contribution is 2.28. The molecule has 1 unspecified atom stereocenters. The van der Waals surface area contributed by atoms with E-state index in [1.807, 2.05) is 0 Å². The van der Waals surface area contributed by atoms with Gasteiger partial charge in [-0.3, -0.25) is 9.36 Å². The van der Waals surface area contributed by atoms with Crippen LogP contribution in [0.1, 0.15) is 37.4 Å². The Morgan fingerprint density at radius 3 is 2.84 bits per heavy atom. The maximum atomic E-state index is 11.8. The zero-order chi connectivity index (χ0) is 17.2. The molecule has 0 amide bonds. The Hall–Kier alpha value is -2.24. The van der Waals surface area contributed by atoms with Crippen LogP contribution in [0.4, 0.5) is 5.82 Å². The molecule has 1 aliphatic heterocycles. The van der Waals surface area contributed by atoms with Crippen LogP contribution in [0.25, 0.3) is 0 Å². The van der Waals surface area contributed by atoms with Crippen molar-refractivity contribution in [2.45, 2.75) is 45.6 Å². The molecule has 6 nitrogen and oxygen atoms in total. The summed E-state index contributed by atoms with van der Waals surface area (Å²) in [5, 5.41) is 8.96. The first-order chi connectivity index (χ1) is 12.2.